The number of hydrogen-bond donors (Lipinski definition) is 2. The number of amides is 1. The van der Waals surface area contributed by atoms with Crippen molar-refractivity contribution in [2.45, 2.75) is 33.9 Å². The van der Waals surface area contributed by atoms with Crippen LogP contribution in [0.3, 0.4) is 0 Å². The molecule has 0 aliphatic carbocycles. The van der Waals surface area contributed by atoms with Crippen LogP contribution in [0, 0.1) is 13.8 Å². The van der Waals surface area contributed by atoms with Crippen LogP contribution in [0.5, 0.6) is 5.75 Å². The fraction of sp³-hybridized carbons (Fsp3) is 0.208. The number of H-pyrrole nitrogens is 1. The number of aromatic nitrogens is 5. The Labute approximate surface area is 186 Å². The molecule has 8 nitrogen and oxygen atoms in total. The Morgan fingerprint density at radius 1 is 1.06 bits per heavy atom. The summed E-state index contributed by atoms with van der Waals surface area (Å²) in [6.45, 7) is 6.04. The molecule has 0 atom stereocenters. The van der Waals surface area contributed by atoms with E-state index in [1.807, 2.05) is 68.4 Å². The molecule has 0 saturated heterocycles. The first-order valence-corrected chi connectivity index (χ1v) is 10.3. The average molecular weight is 428 g/mol. The topological polar surface area (TPSA) is 106 Å². The van der Waals surface area contributed by atoms with Crippen LogP contribution in [0.1, 0.15) is 29.4 Å². The van der Waals surface area contributed by atoms with E-state index >= 15 is 0 Å². The quantitative estimate of drug-likeness (QED) is 0.464. The van der Waals surface area contributed by atoms with Gasteiger partial charge in [-0.15, -0.1) is 10.2 Å². The molecule has 8 heteroatoms. The SMILES string of the molecule is CC(=O)NCc1c(OCc2ccc(-c3ccccc3)c(-c3nn[nH]n3)c2)cc(C)nc1C. The van der Waals surface area contributed by atoms with Crippen molar-refractivity contribution < 1.29 is 9.53 Å². The van der Waals surface area contributed by atoms with Crippen LogP contribution in [-0.2, 0) is 17.9 Å². The minimum atomic E-state index is -0.0998. The molecule has 0 aliphatic heterocycles. The number of aromatic amines is 1. The van der Waals surface area contributed by atoms with E-state index < -0.39 is 0 Å². The maximum absolute atomic E-state index is 11.4. The van der Waals surface area contributed by atoms with Crippen molar-refractivity contribution in [1.29, 1.82) is 0 Å². The molecule has 0 radical (unpaired) electrons. The second-order valence-electron chi connectivity index (χ2n) is 7.51. The predicted octanol–water partition coefficient (Wildman–Crippen LogP) is 3.76. The zero-order valence-corrected chi connectivity index (χ0v) is 18.2. The summed E-state index contributed by atoms with van der Waals surface area (Å²) in [7, 11) is 0. The highest BCUT2D eigenvalue weighted by atomic mass is 16.5. The van der Waals surface area contributed by atoms with Gasteiger partial charge in [-0.3, -0.25) is 9.78 Å². The summed E-state index contributed by atoms with van der Waals surface area (Å²) < 4.78 is 6.18. The van der Waals surface area contributed by atoms with Crippen LogP contribution in [0.25, 0.3) is 22.5 Å². The molecule has 2 aromatic carbocycles. The van der Waals surface area contributed by atoms with E-state index in [1.54, 1.807) is 0 Å². The lowest BCUT2D eigenvalue weighted by atomic mass is 9.97. The summed E-state index contributed by atoms with van der Waals surface area (Å²) in [6, 6.07) is 18.1. The van der Waals surface area contributed by atoms with E-state index in [-0.39, 0.29) is 5.91 Å². The Morgan fingerprint density at radius 3 is 2.59 bits per heavy atom. The van der Waals surface area contributed by atoms with Crippen molar-refractivity contribution in [2.24, 2.45) is 0 Å². The third kappa shape index (κ3) is 4.80. The monoisotopic (exact) mass is 428 g/mol. The minimum Gasteiger partial charge on any atom is -0.488 e. The molecule has 1 amide bonds. The molecule has 0 spiro atoms. The van der Waals surface area contributed by atoms with Gasteiger partial charge >= 0.3 is 0 Å². The van der Waals surface area contributed by atoms with Crippen molar-refractivity contribution in [3.63, 3.8) is 0 Å². The molecule has 0 bridgehead atoms. The number of carbonyl (C=O) groups excluding carboxylic acids is 1. The van der Waals surface area contributed by atoms with E-state index in [9.17, 15) is 4.79 Å². The number of nitrogens with one attached hydrogen (secondary N) is 2. The van der Waals surface area contributed by atoms with Crippen molar-refractivity contribution in [2.75, 3.05) is 0 Å². The number of pyridine rings is 1. The second-order valence-corrected chi connectivity index (χ2v) is 7.51. The molecule has 162 valence electrons. The summed E-state index contributed by atoms with van der Waals surface area (Å²) in [5.41, 5.74) is 6.46. The number of rotatable bonds is 7. The van der Waals surface area contributed by atoms with Gasteiger partial charge in [0.15, 0.2) is 0 Å². The maximum atomic E-state index is 11.4. The Balaban J connectivity index is 1.64. The van der Waals surface area contributed by atoms with Gasteiger partial charge in [-0.25, -0.2) is 0 Å². The standard InChI is InChI=1S/C24H24N6O2/c1-15-11-23(22(16(2)26-15)13-25-17(3)31)32-14-18-9-10-20(19-7-5-4-6-8-19)21(12-18)24-27-29-30-28-24/h4-12H,13-14H2,1-3H3,(H,25,31)(H,27,28,29,30). The van der Waals surface area contributed by atoms with Crippen LogP contribution in [0.2, 0.25) is 0 Å². The van der Waals surface area contributed by atoms with Gasteiger partial charge in [0.2, 0.25) is 11.7 Å². The average Bonchev–Trinajstić information content (AvgIpc) is 3.32. The van der Waals surface area contributed by atoms with Gasteiger partial charge in [0.05, 0.1) is 0 Å². The van der Waals surface area contributed by atoms with Crippen molar-refractivity contribution in [3.05, 3.63) is 77.1 Å². The lowest BCUT2D eigenvalue weighted by molar-refractivity contribution is -0.119. The Bertz CT molecular complexity index is 1220. The number of carbonyl (C=O) groups is 1. The number of aryl methyl sites for hydroxylation is 2. The number of benzene rings is 2. The number of ether oxygens (including phenoxy) is 1. The van der Waals surface area contributed by atoms with Gasteiger partial charge in [-0.1, -0.05) is 42.5 Å². The highest BCUT2D eigenvalue weighted by molar-refractivity contribution is 5.80. The Kier molecular flexibility index (Phi) is 6.21. The fourth-order valence-electron chi connectivity index (χ4n) is 3.55. The summed E-state index contributed by atoms with van der Waals surface area (Å²) in [5.74, 6) is 1.13. The molecule has 2 N–H and O–H groups in total. The molecule has 0 aliphatic rings. The first-order chi connectivity index (χ1) is 15.5. The molecule has 4 rings (SSSR count). The minimum absolute atomic E-state index is 0.0998. The van der Waals surface area contributed by atoms with Gasteiger partial charge in [0.1, 0.15) is 12.4 Å². The number of nitrogens with zero attached hydrogens (tertiary/aromatic N) is 4. The molecule has 32 heavy (non-hydrogen) atoms. The molecule has 0 fully saturated rings. The number of hydrogen-bond acceptors (Lipinski definition) is 6. The zero-order valence-electron chi connectivity index (χ0n) is 18.2. The highest BCUT2D eigenvalue weighted by Gasteiger charge is 2.14. The van der Waals surface area contributed by atoms with E-state index in [2.05, 4.69) is 30.9 Å². The van der Waals surface area contributed by atoms with Crippen LogP contribution in [0.4, 0.5) is 0 Å². The van der Waals surface area contributed by atoms with Crippen LogP contribution >= 0.6 is 0 Å². The van der Waals surface area contributed by atoms with E-state index in [0.29, 0.717) is 24.7 Å². The number of tetrazole rings is 1. The normalized spacial score (nSPS) is 10.7. The maximum Gasteiger partial charge on any atom is 0.217 e. The molecular weight excluding hydrogens is 404 g/mol. The van der Waals surface area contributed by atoms with Crippen LogP contribution in [-0.4, -0.2) is 31.5 Å². The molecule has 0 unspecified atom stereocenters. The third-order valence-corrected chi connectivity index (χ3v) is 5.08. The van der Waals surface area contributed by atoms with Gasteiger partial charge < -0.3 is 10.1 Å². The van der Waals surface area contributed by atoms with E-state index in [4.69, 9.17) is 4.74 Å². The zero-order chi connectivity index (χ0) is 22.5. The first kappa shape index (κ1) is 21.2. The lowest BCUT2D eigenvalue weighted by Gasteiger charge is -2.16. The lowest BCUT2D eigenvalue weighted by Crippen LogP contribution is -2.20. The second kappa shape index (κ2) is 9.38. The molecule has 4 aromatic rings. The third-order valence-electron chi connectivity index (χ3n) is 5.08. The van der Waals surface area contributed by atoms with Gasteiger partial charge in [-0.05, 0) is 41.8 Å². The molecular formula is C24H24N6O2. The van der Waals surface area contributed by atoms with Crippen molar-refractivity contribution in [3.8, 4) is 28.3 Å². The molecule has 0 saturated carbocycles. The van der Waals surface area contributed by atoms with E-state index in [1.165, 1.54) is 6.92 Å². The largest absolute Gasteiger partial charge is 0.488 e. The summed E-state index contributed by atoms with van der Waals surface area (Å²) in [6.07, 6.45) is 0. The Morgan fingerprint density at radius 2 is 1.88 bits per heavy atom. The summed E-state index contributed by atoms with van der Waals surface area (Å²) in [5, 5.41) is 17.4. The van der Waals surface area contributed by atoms with E-state index in [0.717, 1.165) is 39.2 Å². The van der Waals surface area contributed by atoms with Crippen LogP contribution in [0.15, 0.2) is 54.6 Å². The van der Waals surface area contributed by atoms with Crippen LogP contribution < -0.4 is 10.1 Å². The molecule has 2 aromatic heterocycles. The predicted molar refractivity (Wildman–Crippen MR) is 121 cm³/mol. The highest BCUT2D eigenvalue weighted by Crippen LogP contribution is 2.31. The summed E-state index contributed by atoms with van der Waals surface area (Å²) in [4.78, 5) is 15.9. The smallest absolute Gasteiger partial charge is 0.217 e. The Hall–Kier alpha value is -4.07. The van der Waals surface area contributed by atoms with Gasteiger partial charge in [-0.2, -0.15) is 5.21 Å². The molecule has 2 heterocycles. The van der Waals surface area contributed by atoms with Gasteiger partial charge in [0.25, 0.3) is 0 Å². The fourth-order valence-corrected chi connectivity index (χ4v) is 3.55. The first-order valence-electron chi connectivity index (χ1n) is 10.3. The van der Waals surface area contributed by atoms with Crippen molar-refractivity contribution in [1.82, 2.24) is 30.9 Å². The van der Waals surface area contributed by atoms with Crippen molar-refractivity contribution >= 4 is 5.91 Å². The van der Waals surface area contributed by atoms with Gasteiger partial charge in [0, 0.05) is 42.0 Å². The summed E-state index contributed by atoms with van der Waals surface area (Å²) >= 11 is 0.